The van der Waals surface area contributed by atoms with Crippen LogP contribution >= 0.6 is 11.6 Å². The molecule has 0 aliphatic carbocycles. The van der Waals surface area contributed by atoms with Gasteiger partial charge < -0.3 is 19.9 Å². The van der Waals surface area contributed by atoms with E-state index >= 15 is 0 Å². The SMILES string of the molecule is C[N+](C)(C)CCO.O=c1nnc(O)c2n(O)c3ccc(Cl)cc3cc1-2. The number of hydrogen-bond acceptors (Lipinski definition) is 6. The molecule has 0 fully saturated rings. The number of likely N-dealkylation sites (N-methyl/N-ethyl adjacent to an activating group) is 1. The van der Waals surface area contributed by atoms with Crippen molar-refractivity contribution in [1.29, 1.82) is 0 Å². The van der Waals surface area contributed by atoms with Crippen molar-refractivity contribution in [3.63, 3.8) is 0 Å². The molecule has 3 N–H and O–H groups in total. The second kappa shape index (κ2) is 7.22. The molecule has 0 saturated heterocycles. The van der Waals surface area contributed by atoms with E-state index in [0.29, 0.717) is 20.7 Å². The molecule has 2 aliphatic rings. The van der Waals surface area contributed by atoms with Gasteiger partial charge in [-0.25, -0.2) is 0 Å². The number of fused-ring (bicyclic) bond motifs is 2. The van der Waals surface area contributed by atoms with Crippen molar-refractivity contribution in [3.8, 4) is 17.1 Å². The third-order valence-corrected chi connectivity index (χ3v) is 3.67. The number of aromatic hydroxyl groups is 1. The fourth-order valence-electron chi connectivity index (χ4n) is 2.16. The number of quaternary nitrogens is 1. The van der Waals surface area contributed by atoms with Crippen LogP contribution < -0.4 is 5.56 Å². The van der Waals surface area contributed by atoms with Crippen LogP contribution in [-0.2, 0) is 0 Å². The fraction of sp³-hybridized carbons (Fsp3) is 0.312. The third-order valence-electron chi connectivity index (χ3n) is 3.43. The van der Waals surface area contributed by atoms with Crippen LogP contribution in [0.25, 0.3) is 22.2 Å². The number of rotatable bonds is 2. The van der Waals surface area contributed by atoms with Crippen molar-refractivity contribution in [2.75, 3.05) is 34.3 Å². The zero-order valence-electron chi connectivity index (χ0n) is 14.1. The molecule has 0 amide bonds. The topological polar surface area (TPSA) is 108 Å². The van der Waals surface area contributed by atoms with Gasteiger partial charge in [0.15, 0.2) is 5.69 Å². The summed E-state index contributed by atoms with van der Waals surface area (Å²) in [6.45, 7) is 1.11. The fourth-order valence-corrected chi connectivity index (χ4v) is 2.35. The van der Waals surface area contributed by atoms with Crippen molar-refractivity contribution in [2.24, 2.45) is 0 Å². The van der Waals surface area contributed by atoms with Crippen LogP contribution in [-0.4, -0.2) is 69.1 Å². The number of aliphatic hydroxyl groups excluding tert-OH is 1. The van der Waals surface area contributed by atoms with E-state index in [1.165, 1.54) is 6.07 Å². The molecule has 1 aromatic rings. The number of hydrogen-bond donors (Lipinski definition) is 3. The highest BCUT2D eigenvalue weighted by molar-refractivity contribution is 6.31. The van der Waals surface area contributed by atoms with E-state index in [-0.39, 0.29) is 17.9 Å². The van der Waals surface area contributed by atoms with Gasteiger partial charge in [0.2, 0.25) is 0 Å². The molecular weight excluding hydrogens is 348 g/mol. The van der Waals surface area contributed by atoms with Crippen LogP contribution in [0.1, 0.15) is 0 Å². The minimum Gasteiger partial charge on any atom is -0.491 e. The molecule has 0 saturated carbocycles. The summed E-state index contributed by atoms with van der Waals surface area (Å²) in [5.41, 5.74) is -0.244. The molecule has 3 rings (SSSR count). The van der Waals surface area contributed by atoms with Gasteiger partial charge in [0, 0.05) is 10.4 Å². The summed E-state index contributed by atoms with van der Waals surface area (Å²) >= 11 is 5.85. The molecule has 2 heterocycles. The summed E-state index contributed by atoms with van der Waals surface area (Å²) in [5.74, 6) is -0.510. The van der Waals surface area contributed by atoms with Gasteiger partial charge in [-0.2, -0.15) is 4.73 Å². The van der Waals surface area contributed by atoms with E-state index in [1.807, 2.05) is 0 Å². The Kier molecular flexibility index (Phi) is 5.46. The molecule has 0 spiro atoms. The monoisotopic (exact) mass is 367 g/mol. The number of benzene rings is 1. The van der Waals surface area contributed by atoms with Gasteiger partial charge in [-0.1, -0.05) is 11.6 Å². The summed E-state index contributed by atoms with van der Waals surface area (Å²) in [6, 6.07) is 6.26. The van der Waals surface area contributed by atoms with Crippen LogP contribution in [0.2, 0.25) is 5.02 Å². The number of halogens is 1. The lowest BCUT2D eigenvalue weighted by molar-refractivity contribution is -0.870. The maximum absolute atomic E-state index is 11.6. The summed E-state index contributed by atoms with van der Waals surface area (Å²) in [6.07, 6.45) is 0. The Labute approximate surface area is 149 Å². The summed E-state index contributed by atoms with van der Waals surface area (Å²) in [5, 5.41) is 35.5. The van der Waals surface area contributed by atoms with Gasteiger partial charge in [-0.15, -0.1) is 10.2 Å². The van der Waals surface area contributed by atoms with E-state index < -0.39 is 11.4 Å². The van der Waals surface area contributed by atoms with Crippen LogP contribution in [0, 0.1) is 0 Å². The normalized spacial score (nSPS) is 11.4. The van der Waals surface area contributed by atoms with Crippen molar-refractivity contribution in [3.05, 3.63) is 39.6 Å². The first-order chi connectivity index (χ1) is 11.6. The Bertz CT molecular complexity index is 920. The highest BCUT2D eigenvalue weighted by Crippen LogP contribution is 2.30. The minimum absolute atomic E-state index is 0.0692. The Hall–Kier alpha value is -2.42. The predicted octanol–water partition coefficient (Wildman–Crippen LogP) is 1.18. The van der Waals surface area contributed by atoms with E-state index in [4.69, 9.17) is 16.7 Å². The molecule has 25 heavy (non-hydrogen) atoms. The Morgan fingerprint density at radius 3 is 2.44 bits per heavy atom. The highest BCUT2D eigenvalue weighted by atomic mass is 35.5. The maximum atomic E-state index is 11.6. The largest absolute Gasteiger partial charge is 0.491 e. The van der Waals surface area contributed by atoms with Gasteiger partial charge in [-0.3, -0.25) is 4.79 Å². The third kappa shape index (κ3) is 4.36. The second-order valence-electron chi connectivity index (χ2n) is 6.49. The molecule has 2 aliphatic heterocycles. The van der Waals surface area contributed by atoms with Crippen molar-refractivity contribution in [2.45, 2.75) is 0 Å². The average molecular weight is 368 g/mol. The molecule has 134 valence electrons. The van der Waals surface area contributed by atoms with Gasteiger partial charge in [0.05, 0.1) is 38.8 Å². The highest BCUT2D eigenvalue weighted by Gasteiger charge is 2.20. The molecule has 0 atom stereocenters. The smallest absolute Gasteiger partial charge is 0.298 e. The van der Waals surface area contributed by atoms with Gasteiger partial charge in [-0.05, 0) is 24.3 Å². The molecule has 0 bridgehead atoms. The number of nitrogens with zero attached hydrogens (tertiary/aromatic N) is 4. The lowest BCUT2D eigenvalue weighted by Gasteiger charge is -2.21. The molecule has 0 unspecified atom stereocenters. The molecule has 0 radical (unpaired) electrons. The first-order valence-electron chi connectivity index (χ1n) is 7.45. The van der Waals surface area contributed by atoms with Gasteiger partial charge >= 0.3 is 0 Å². The predicted molar refractivity (Wildman–Crippen MR) is 94.3 cm³/mol. The minimum atomic E-state index is -0.632. The zero-order valence-corrected chi connectivity index (χ0v) is 14.9. The first-order valence-corrected chi connectivity index (χ1v) is 7.83. The van der Waals surface area contributed by atoms with Gasteiger partial charge in [0.1, 0.15) is 6.54 Å². The quantitative estimate of drug-likeness (QED) is 0.356. The molecular formula is C16H20ClN4O4+. The Balaban J connectivity index is 0.000000277. The standard InChI is InChI=1S/C11H6ClN3O3.C5H14NO/c12-6-1-2-8-5(3-6)4-7-9(15(8)18)11(17)14-13-10(7)16;1-6(2,3)4-5-7/h1-4,17-18H;7H,4-5H2,1-3H3/q;+1. The summed E-state index contributed by atoms with van der Waals surface area (Å²) in [7, 11) is 6.16. The average Bonchev–Trinajstić information content (AvgIpc) is 2.50. The molecule has 9 heteroatoms. The Morgan fingerprint density at radius 2 is 1.88 bits per heavy atom. The van der Waals surface area contributed by atoms with Crippen LogP contribution in [0.3, 0.4) is 0 Å². The lowest BCUT2D eigenvalue weighted by Crippen LogP contribution is -2.36. The van der Waals surface area contributed by atoms with Crippen LogP contribution in [0.5, 0.6) is 5.88 Å². The molecule has 0 aromatic heterocycles. The molecule has 8 nitrogen and oxygen atoms in total. The van der Waals surface area contributed by atoms with Crippen molar-refractivity contribution in [1.82, 2.24) is 14.9 Å². The zero-order chi connectivity index (χ0) is 18.8. The number of pyridine rings is 1. The van der Waals surface area contributed by atoms with Crippen molar-refractivity contribution < 1.29 is 19.9 Å². The number of aromatic nitrogens is 3. The van der Waals surface area contributed by atoms with Crippen molar-refractivity contribution >= 4 is 22.5 Å². The van der Waals surface area contributed by atoms with E-state index in [9.17, 15) is 15.1 Å². The molecule has 1 aromatic carbocycles. The lowest BCUT2D eigenvalue weighted by atomic mass is 10.1. The van der Waals surface area contributed by atoms with E-state index in [2.05, 4.69) is 31.3 Å². The maximum Gasteiger partial charge on any atom is 0.298 e. The summed E-state index contributed by atoms with van der Waals surface area (Å²) < 4.78 is 1.54. The number of aliphatic hydroxyl groups is 1. The first kappa shape index (κ1) is 18.9. The van der Waals surface area contributed by atoms with Crippen LogP contribution in [0.4, 0.5) is 0 Å². The van der Waals surface area contributed by atoms with E-state index in [1.54, 1.807) is 18.2 Å². The second-order valence-corrected chi connectivity index (χ2v) is 6.92. The van der Waals surface area contributed by atoms with E-state index in [0.717, 1.165) is 11.0 Å². The summed E-state index contributed by atoms with van der Waals surface area (Å²) in [4.78, 5) is 11.6. The van der Waals surface area contributed by atoms with Gasteiger partial charge in [0.25, 0.3) is 11.4 Å². The Morgan fingerprint density at radius 1 is 1.20 bits per heavy atom. The van der Waals surface area contributed by atoms with Crippen LogP contribution in [0.15, 0.2) is 29.1 Å².